The average Bonchev–Trinajstić information content (AvgIpc) is 2.84. The highest BCUT2D eigenvalue weighted by Gasteiger charge is 2.11. The molecular weight excluding hydrogens is 234 g/mol. The van der Waals surface area contributed by atoms with Gasteiger partial charge in [-0.15, -0.1) is 0 Å². The van der Waals surface area contributed by atoms with Crippen LogP contribution in [0.15, 0.2) is 18.2 Å². The Hall–Kier alpha value is -0.730. The van der Waals surface area contributed by atoms with Crippen LogP contribution in [0.5, 0.6) is 5.75 Å². The number of nitrogens with zero attached hydrogens (tertiary/aromatic N) is 1. The van der Waals surface area contributed by atoms with Crippen molar-refractivity contribution < 1.29 is 4.74 Å². The Kier molecular flexibility index (Phi) is 4.69. The van der Waals surface area contributed by atoms with E-state index in [1.54, 1.807) is 0 Å². The van der Waals surface area contributed by atoms with Gasteiger partial charge in [0, 0.05) is 6.54 Å². The first kappa shape index (κ1) is 12.7. The lowest BCUT2D eigenvalue weighted by Gasteiger charge is -2.15. The highest BCUT2D eigenvalue weighted by Crippen LogP contribution is 2.25. The lowest BCUT2D eigenvalue weighted by molar-refractivity contribution is 0.238. The van der Waals surface area contributed by atoms with Gasteiger partial charge in [-0.25, -0.2) is 0 Å². The molecular formula is C14H20ClNO. The van der Waals surface area contributed by atoms with E-state index in [-0.39, 0.29) is 0 Å². The molecule has 3 heteroatoms. The maximum Gasteiger partial charge on any atom is 0.137 e. The van der Waals surface area contributed by atoms with Crippen LogP contribution in [0.3, 0.4) is 0 Å². The summed E-state index contributed by atoms with van der Waals surface area (Å²) in [6, 6.07) is 6.05. The van der Waals surface area contributed by atoms with Gasteiger partial charge in [0.15, 0.2) is 0 Å². The van der Waals surface area contributed by atoms with Gasteiger partial charge in [0.1, 0.15) is 12.4 Å². The normalized spacial score (nSPS) is 16.4. The molecule has 0 aliphatic carbocycles. The number of benzene rings is 1. The standard InChI is InChI=1S/C14H20ClNO/c1-2-12-5-6-14(13(15)11-12)17-10-9-16-7-3-4-8-16/h5-6,11H,2-4,7-10H2,1H3. The summed E-state index contributed by atoms with van der Waals surface area (Å²) < 4.78 is 5.72. The molecule has 0 aromatic heterocycles. The fourth-order valence-electron chi connectivity index (χ4n) is 2.17. The molecule has 2 rings (SSSR count). The van der Waals surface area contributed by atoms with E-state index >= 15 is 0 Å². The van der Waals surface area contributed by atoms with Crippen molar-refractivity contribution in [3.8, 4) is 5.75 Å². The van der Waals surface area contributed by atoms with Crippen LogP contribution in [-0.4, -0.2) is 31.1 Å². The second-order valence-electron chi connectivity index (χ2n) is 4.52. The van der Waals surface area contributed by atoms with Gasteiger partial charge in [-0.3, -0.25) is 4.90 Å². The predicted octanol–water partition coefficient (Wildman–Crippen LogP) is 3.38. The summed E-state index contributed by atoms with van der Waals surface area (Å²) in [5.41, 5.74) is 1.25. The van der Waals surface area contributed by atoms with Crippen LogP contribution in [0.1, 0.15) is 25.3 Å². The van der Waals surface area contributed by atoms with Gasteiger partial charge in [0.25, 0.3) is 0 Å². The Bertz CT molecular complexity index is 361. The monoisotopic (exact) mass is 253 g/mol. The van der Waals surface area contributed by atoms with Crippen LogP contribution < -0.4 is 4.74 Å². The predicted molar refractivity (Wildman–Crippen MR) is 72.0 cm³/mol. The van der Waals surface area contributed by atoms with Gasteiger partial charge >= 0.3 is 0 Å². The molecule has 0 unspecified atom stereocenters. The summed E-state index contributed by atoms with van der Waals surface area (Å²) in [4.78, 5) is 2.44. The fourth-order valence-corrected chi connectivity index (χ4v) is 2.43. The number of hydrogen-bond donors (Lipinski definition) is 0. The molecule has 1 heterocycles. The molecule has 1 aromatic rings. The molecule has 1 saturated heterocycles. The van der Waals surface area contributed by atoms with Crippen molar-refractivity contribution in [3.63, 3.8) is 0 Å². The fraction of sp³-hybridized carbons (Fsp3) is 0.571. The van der Waals surface area contributed by atoms with Gasteiger partial charge in [-0.05, 0) is 50.0 Å². The summed E-state index contributed by atoms with van der Waals surface area (Å²) in [6.45, 7) is 6.29. The average molecular weight is 254 g/mol. The maximum atomic E-state index is 6.16. The van der Waals surface area contributed by atoms with Gasteiger partial charge in [0.2, 0.25) is 0 Å². The maximum absolute atomic E-state index is 6.16. The number of ether oxygens (including phenoxy) is 1. The molecule has 2 nitrogen and oxygen atoms in total. The Balaban J connectivity index is 1.81. The van der Waals surface area contributed by atoms with Crippen LogP contribution in [-0.2, 0) is 6.42 Å². The summed E-state index contributed by atoms with van der Waals surface area (Å²) in [5.74, 6) is 0.808. The van der Waals surface area contributed by atoms with Crippen molar-refractivity contribution in [1.29, 1.82) is 0 Å². The highest BCUT2D eigenvalue weighted by molar-refractivity contribution is 6.32. The second-order valence-corrected chi connectivity index (χ2v) is 4.92. The van der Waals surface area contributed by atoms with E-state index in [1.807, 2.05) is 12.1 Å². The second kappa shape index (κ2) is 6.27. The van der Waals surface area contributed by atoms with E-state index in [1.165, 1.54) is 31.5 Å². The SMILES string of the molecule is CCc1ccc(OCCN2CCCC2)c(Cl)c1. The molecule has 1 aromatic carbocycles. The zero-order chi connectivity index (χ0) is 12.1. The van der Waals surface area contributed by atoms with Crippen LogP contribution in [0, 0.1) is 0 Å². The first-order valence-corrected chi connectivity index (χ1v) is 6.81. The lowest BCUT2D eigenvalue weighted by atomic mass is 10.2. The molecule has 0 N–H and O–H groups in total. The minimum absolute atomic E-state index is 0.727. The number of halogens is 1. The summed E-state index contributed by atoms with van der Waals surface area (Å²) in [6.07, 6.45) is 3.66. The molecule has 0 spiro atoms. The van der Waals surface area contributed by atoms with Crippen molar-refractivity contribution in [3.05, 3.63) is 28.8 Å². The zero-order valence-electron chi connectivity index (χ0n) is 10.4. The first-order chi connectivity index (χ1) is 8.29. The Morgan fingerprint density at radius 2 is 2.06 bits per heavy atom. The molecule has 0 radical (unpaired) electrons. The number of likely N-dealkylation sites (tertiary alicyclic amines) is 1. The molecule has 1 aliphatic heterocycles. The van der Waals surface area contributed by atoms with Gasteiger partial charge in [0.05, 0.1) is 5.02 Å². The van der Waals surface area contributed by atoms with Crippen molar-refractivity contribution in [2.24, 2.45) is 0 Å². The number of aryl methyl sites for hydroxylation is 1. The van der Waals surface area contributed by atoms with E-state index in [0.29, 0.717) is 0 Å². The van der Waals surface area contributed by atoms with E-state index in [4.69, 9.17) is 16.3 Å². The summed E-state index contributed by atoms with van der Waals surface area (Å²) >= 11 is 6.16. The summed E-state index contributed by atoms with van der Waals surface area (Å²) in [7, 11) is 0. The smallest absolute Gasteiger partial charge is 0.137 e. The van der Waals surface area contributed by atoms with Crippen molar-refractivity contribution >= 4 is 11.6 Å². The molecule has 0 saturated carbocycles. The largest absolute Gasteiger partial charge is 0.491 e. The molecule has 94 valence electrons. The third-order valence-corrected chi connectivity index (χ3v) is 3.56. The van der Waals surface area contributed by atoms with E-state index in [0.717, 1.165) is 30.3 Å². The molecule has 1 aliphatic rings. The van der Waals surface area contributed by atoms with Gasteiger partial charge < -0.3 is 4.74 Å². The molecule has 0 amide bonds. The molecule has 17 heavy (non-hydrogen) atoms. The topological polar surface area (TPSA) is 12.5 Å². The van der Waals surface area contributed by atoms with Crippen molar-refractivity contribution in [2.45, 2.75) is 26.2 Å². The van der Waals surface area contributed by atoms with Gasteiger partial charge in [-0.2, -0.15) is 0 Å². The highest BCUT2D eigenvalue weighted by atomic mass is 35.5. The minimum Gasteiger partial charge on any atom is -0.491 e. The Morgan fingerprint density at radius 3 is 2.71 bits per heavy atom. The van der Waals surface area contributed by atoms with Crippen LogP contribution in [0.25, 0.3) is 0 Å². The first-order valence-electron chi connectivity index (χ1n) is 6.43. The third kappa shape index (κ3) is 3.62. The quantitative estimate of drug-likeness (QED) is 0.798. The number of rotatable bonds is 5. The van der Waals surface area contributed by atoms with E-state index in [9.17, 15) is 0 Å². The Morgan fingerprint density at radius 1 is 1.29 bits per heavy atom. The van der Waals surface area contributed by atoms with Crippen LogP contribution >= 0.6 is 11.6 Å². The Labute approximate surface area is 109 Å². The molecule has 0 bridgehead atoms. The molecule has 1 fully saturated rings. The van der Waals surface area contributed by atoms with Crippen LogP contribution in [0.2, 0.25) is 5.02 Å². The lowest BCUT2D eigenvalue weighted by Crippen LogP contribution is -2.25. The molecule has 0 atom stereocenters. The minimum atomic E-state index is 0.727. The third-order valence-electron chi connectivity index (χ3n) is 3.27. The number of hydrogen-bond acceptors (Lipinski definition) is 2. The zero-order valence-corrected chi connectivity index (χ0v) is 11.2. The van der Waals surface area contributed by atoms with Crippen molar-refractivity contribution in [2.75, 3.05) is 26.2 Å². The van der Waals surface area contributed by atoms with Crippen molar-refractivity contribution in [1.82, 2.24) is 4.90 Å². The van der Waals surface area contributed by atoms with E-state index in [2.05, 4.69) is 17.9 Å². The van der Waals surface area contributed by atoms with Gasteiger partial charge in [-0.1, -0.05) is 24.6 Å². The van der Waals surface area contributed by atoms with E-state index < -0.39 is 0 Å². The van der Waals surface area contributed by atoms with Crippen LogP contribution in [0.4, 0.5) is 0 Å². The summed E-state index contributed by atoms with van der Waals surface area (Å²) in [5, 5.41) is 0.728.